The molecule has 4 heteroatoms. The van der Waals surface area contributed by atoms with E-state index < -0.39 is 0 Å². The van der Waals surface area contributed by atoms with Gasteiger partial charge in [-0.15, -0.1) is 0 Å². The zero-order chi connectivity index (χ0) is 17.8. The molecule has 124 valence electrons. The monoisotopic (exact) mass is 336 g/mol. The largest absolute Gasteiger partial charge is 0.380 e. The lowest BCUT2D eigenvalue weighted by molar-refractivity contribution is 1.15. The van der Waals surface area contributed by atoms with Crippen molar-refractivity contribution in [1.29, 1.82) is 5.26 Å². The maximum absolute atomic E-state index is 9.20. The molecule has 26 heavy (non-hydrogen) atoms. The van der Waals surface area contributed by atoms with Crippen LogP contribution in [0.5, 0.6) is 0 Å². The van der Waals surface area contributed by atoms with Crippen LogP contribution in [0.4, 0.5) is 5.69 Å². The third kappa shape index (κ3) is 3.24. The van der Waals surface area contributed by atoms with Crippen LogP contribution in [0.15, 0.2) is 79.1 Å². The summed E-state index contributed by atoms with van der Waals surface area (Å²) in [5.74, 6) is 0. The van der Waals surface area contributed by atoms with Crippen molar-refractivity contribution in [2.75, 3.05) is 5.32 Å². The molecule has 0 unspecified atom stereocenters. The van der Waals surface area contributed by atoms with Gasteiger partial charge >= 0.3 is 0 Å². The number of hydrogen-bond acceptors (Lipinski definition) is 4. The Bertz CT molecular complexity index is 1080. The maximum Gasteiger partial charge on any atom is 0.143 e. The minimum absolute atomic E-state index is 0.415. The van der Waals surface area contributed by atoms with Gasteiger partial charge in [0.2, 0.25) is 0 Å². The van der Waals surface area contributed by atoms with Crippen molar-refractivity contribution in [3.05, 3.63) is 90.4 Å². The molecule has 0 atom stereocenters. The molecule has 0 aliphatic heterocycles. The van der Waals surface area contributed by atoms with Gasteiger partial charge < -0.3 is 5.32 Å². The van der Waals surface area contributed by atoms with Crippen molar-refractivity contribution in [3.63, 3.8) is 0 Å². The van der Waals surface area contributed by atoms with E-state index in [1.54, 1.807) is 12.3 Å². The molecule has 2 heterocycles. The third-order valence-corrected chi connectivity index (χ3v) is 4.26. The van der Waals surface area contributed by atoms with Gasteiger partial charge in [-0.25, -0.2) is 4.98 Å². The summed E-state index contributed by atoms with van der Waals surface area (Å²) in [5, 5.41) is 13.6. The number of aromatic nitrogens is 2. The first-order valence-corrected chi connectivity index (χ1v) is 8.36. The Balaban J connectivity index is 1.56. The van der Waals surface area contributed by atoms with E-state index in [0.717, 1.165) is 33.3 Å². The van der Waals surface area contributed by atoms with Gasteiger partial charge in [0.05, 0.1) is 5.52 Å². The van der Waals surface area contributed by atoms with Crippen LogP contribution in [-0.4, -0.2) is 9.97 Å². The molecule has 4 rings (SSSR count). The van der Waals surface area contributed by atoms with E-state index in [-0.39, 0.29) is 0 Å². The molecular weight excluding hydrogens is 320 g/mol. The Morgan fingerprint density at radius 2 is 1.77 bits per heavy atom. The molecule has 0 aliphatic carbocycles. The summed E-state index contributed by atoms with van der Waals surface area (Å²) >= 11 is 0. The molecule has 2 aromatic heterocycles. The van der Waals surface area contributed by atoms with Gasteiger partial charge in [-0.05, 0) is 34.9 Å². The lowest BCUT2D eigenvalue weighted by atomic mass is 10.1. The first kappa shape index (κ1) is 15.8. The molecule has 4 nitrogen and oxygen atoms in total. The van der Waals surface area contributed by atoms with Crippen LogP contribution >= 0.6 is 0 Å². The van der Waals surface area contributed by atoms with Crippen LogP contribution in [0.25, 0.3) is 22.0 Å². The molecule has 0 fully saturated rings. The zero-order valence-electron chi connectivity index (χ0n) is 14.1. The third-order valence-electron chi connectivity index (χ3n) is 4.26. The van der Waals surface area contributed by atoms with E-state index in [9.17, 15) is 5.26 Å². The molecule has 0 aliphatic rings. The van der Waals surface area contributed by atoms with E-state index in [4.69, 9.17) is 0 Å². The van der Waals surface area contributed by atoms with Gasteiger partial charge in [0.15, 0.2) is 0 Å². The standard InChI is InChI=1S/C22H16N4/c23-13-19-12-22(20-5-1-2-6-21(20)26-19)25-14-16-7-9-17(10-8-16)18-4-3-11-24-15-18/h1-12,15H,14H2,(H,25,26). The molecular formula is C22H16N4. The van der Waals surface area contributed by atoms with E-state index in [2.05, 4.69) is 45.6 Å². The first-order valence-electron chi connectivity index (χ1n) is 8.36. The zero-order valence-corrected chi connectivity index (χ0v) is 14.1. The Hall–Kier alpha value is -3.71. The van der Waals surface area contributed by atoms with Gasteiger partial charge in [-0.2, -0.15) is 5.26 Å². The molecule has 1 N–H and O–H groups in total. The fourth-order valence-corrected chi connectivity index (χ4v) is 2.92. The summed E-state index contributed by atoms with van der Waals surface area (Å²) in [6.07, 6.45) is 3.64. The van der Waals surface area contributed by atoms with Crippen molar-refractivity contribution in [3.8, 4) is 17.2 Å². The highest BCUT2D eigenvalue weighted by Gasteiger charge is 2.05. The second kappa shape index (κ2) is 7.04. The number of nitrogens with one attached hydrogen (secondary N) is 1. The SMILES string of the molecule is N#Cc1cc(NCc2ccc(-c3cccnc3)cc2)c2ccccc2n1. The Labute approximate surface area is 151 Å². The highest BCUT2D eigenvalue weighted by Crippen LogP contribution is 2.24. The summed E-state index contributed by atoms with van der Waals surface area (Å²) in [6, 6.07) is 24.1. The number of nitrogens with zero attached hydrogens (tertiary/aromatic N) is 3. The predicted octanol–water partition coefficient (Wildman–Crippen LogP) is 4.78. The van der Waals surface area contributed by atoms with Crippen LogP contribution in [0.1, 0.15) is 11.3 Å². The van der Waals surface area contributed by atoms with Crippen molar-refractivity contribution < 1.29 is 0 Å². The number of nitriles is 1. The second-order valence-electron chi connectivity index (χ2n) is 5.98. The minimum atomic E-state index is 0.415. The molecule has 4 aromatic rings. The molecule has 0 bridgehead atoms. The minimum Gasteiger partial charge on any atom is -0.380 e. The molecule has 2 aromatic carbocycles. The lowest BCUT2D eigenvalue weighted by Crippen LogP contribution is -2.01. The van der Waals surface area contributed by atoms with Crippen LogP contribution in [-0.2, 0) is 6.54 Å². The lowest BCUT2D eigenvalue weighted by Gasteiger charge is -2.11. The summed E-state index contributed by atoms with van der Waals surface area (Å²) in [4.78, 5) is 8.51. The van der Waals surface area contributed by atoms with Gasteiger partial charge in [0.1, 0.15) is 11.8 Å². The number of rotatable bonds is 4. The van der Waals surface area contributed by atoms with Crippen LogP contribution in [0.2, 0.25) is 0 Å². The Morgan fingerprint density at radius 3 is 2.54 bits per heavy atom. The molecule has 0 spiro atoms. The fraction of sp³-hybridized carbons (Fsp3) is 0.0455. The van der Waals surface area contributed by atoms with Crippen molar-refractivity contribution in [2.45, 2.75) is 6.54 Å². The molecule has 0 saturated heterocycles. The van der Waals surface area contributed by atoms with Gasteiger partial charge in [0.25, 0.3) is 0 Å². The second-order valence-corrected chi connectivity index (χ2v) is 5.98. The topological polar surface area (TPSA) is 61.6 Å². The first-order chi connectivity index (χ1) is 12.8. The molecule has 0 amide bonds. The summed E-state index contributed by atoms with van der Waals surface area (Å²) < 4.78 is 0. The number of pyridine rings is 2. The van der Waals surface area contributed by atoms with Gasteiger partial charge in [0, 0.05) is 30.0 Å². The average Bonchev–Trinajstić information content (AvgIpc) is 2.73. The maximum atomic E-state index is 9.20. The number of para-hydroxylation sites is 1. The highest BCUT2D eigenvalue weighted by molar-refractivity contribution is 5.91. The number of benzene rings is 2. The van der Waals surface area contributed by atoms with Crippen molar-refractivity contribution in [1.82, 2.24) is 9.97 Å². The van der Waals surface area contributed by atoms with Crippen molar-refractivity contribution in [2.24, 2.45) is 0 Å². The van der Waals surface area contributed by atoms with E-state index in [1.807, 2.05) is 42.6 Å². The van der Waals surface area contributed by atoms with E-state index in [1.165, 1.54) is 0 Å². The summed E-state index contributed by atoms with van der Waals surface area (Å²) in [7, 11) is 0. The van der Waals surface area contributed by atoms with Crippen LogP contribution < -0.4 is 5.32 Å². The van der Waals surface area contributed by atoms with Crippen LogP contribution in [0, 0.1) is 11.3 Å². The van der Waals surface area contributed by atoms with E-state index in [0.29, 0.717) is 12.2 Å². The average molecular weight is 336 g/mol. The fourth-order valence-electron chi connectivity index (χ4n) is 2.92. The molecule has 0 saturated carbocycles. The van der Waals surface area contributed by atoms with Crippen molar-refractivity contribution >= 4 is 16.6 Å². The van der Waals surface area contributed by atoms with Gasteiger partial charge in [-0.3, -0.25) is 4.98 Å². The normalized spacial score (nSPS) is 10.4. The van der Waals surface area contributed by atoms with Gasteiger partial charge in [-0.1, -0.05) is 48.5 Å². The number of hydrogen-bond donors (Lipinski definition) is 1. The quantitative estimate of drug-likeness (QED) is 0.582. The smallest absolute Gasteiger partial charge is 0.143 e. The number of anilines is 1. The Kier molecular flexibility index (Phi) is 4.28. The predicted molar refractivity (Wildman–Crippen MR) is 103 cm³/mol. The highest BCUT2D eigenvalue weighted by atomic mass is 14.9. The Morgan fingerprint density at radius 1 is 0.923 bits per heavy atom. The van der Waals surface area contributed by atoms with E-state index >= 15 is 0 Å². The summed E-state index contributed by atoms with van der Waals surface area (Å²) in [5.41, 5.74) is 5.56. The number of fused-ring (bicyclic) bond motifs is 1. The molecule has 0 radical (unpaired) electrons. The summed E-state index contributed by atoms with van der Waals surface area (Å²) in [6.45, 7) is 0.673. The van der Waals surface area contributed by atoms with Crippen LogP contribution in [0.3, 0.4) is 0 Å².